The summed E-state index contributed by atoms with van der Waals surface area (Å²) in [5.74, 6) is 4.51. The van der Waals surface area contributed by atoms with Crippen LogP contribution in [0.2, 0.25) is 0 Å². The van der Waals surface area contributed by atoms with E-state index in [1.165, 1.54) is 42.5 Å². The summed E-state index contributed by atoms with van der Waals surface area (Å²) in [6, 6.07) is 20.2. The van der Waals surface area contributed by atoms with Crippen molar-refractivity contribution in [1.82, 2.24) is 0 Å². The minimum Gasteiger partial charge on any atom is -0.478 e. The molecule has 9 heteroatoms. The Kier molecular flexibility index (Phi) is 6.69. The van der Waals surface area contributed by atoms with Gasteiger partial charge >= 0.3 is 11.7 Å². The fourth-order valence-corrected chi connectivity index (χ4v) is 2.67. The van der Waals surface area contributed by atoms with Crippen LogP contribution in [-0.4, -0.2) is 29.0 Å². The van der Waals surface area contributed by atoms with E-state index in [4.69, 9.17) is 15.3 Å². The smallest absolute Gasteiger partial charge is 0.343 e. The number of nitro benzene ring substituents is 1. The van der Waals surface area contributed by atoms with E-state index < -0.39 is 23.3 Å². The summed E-state index contributed by atoms with van der Waals surface area (Å²) in [5.41, 5.74) is 0.432. The zero-order valence-electron chi connectivity index (χ0n) is 16.1. The van der Waals surface area contributed by atoms with Crippen LogP contribution in [0.4, 0.5) is 5.69 Å². The molecular weight excluding hydrogens is 402 g/mol. The maximum Gasteiger partial charge on any atom is 0.343 e. The van der Waals surface area contributed by atoms with Crippen LogP contribution in [0.5, 0.6) is 11.5 Å². The Bertz CT molecular complexity index is 1130. The second-order valence-electron chi connectivity index (χ2n) is 6.19. The van der Waals surface area contributed by atoms with Crippen LogP contribution in [-0.2, 0) is 4.79 Å². The highest BCUT2D eigenvalue weighted by Crippen LogP contribution is 2.25. The number of esters is 1. The first kappa shape index (κ1) is 21.2. The molecule has 0 fully saturated rings. The first-order valence-corrected chi connectivity index (χ1v) is 9.04. The Hall–Kier alpha value is -4.53. The van der Waals surface area contributed by atoms with E-state index in [2.05, 4.69) is 5.10 Å². The van der Waals surface area contributed by atoms with Crippen LogP contribution in [0.15, 0.2) is 84.0 Å². The molecule has 2 N–H and O–H groups in total. The zero-order valence-corrected chi connectivity index (χ0v) is 16.1. The molecule has 0 aliphatic carbocycles. The van der Waals surface area contributed by atoms with Gasteiger partial charge in [-0.05, 0) is 42.5 Å². The molecule has 0 spiro atoms. The van der Waals surface area contributed by atoms with Crippen molar-refractivity contribution >= 4 is 23.2 Å². The summed E-state index contributed by atoms with van der Waals surface area (Å²) in [6.07, 6.45) is 0. The average molecular weight is 419 g/mol. The summed E-state index contributed by atoms with van der Waals surface area (Å²) in [7, 11) is 0. The van der Waals surface area contributed by atoms with Crippen molar-refractivity contribution in [2.24, 2.45) is 10.9 Å². The third-order valence-electron chi connectivity index (χ3n) is 4.16. The molecule has 0 saturated carbocycles. The molecule has 0 unspecified atom stereocenters. The minimum absolute atomic E-state index is 0.0413. The third-order valence-corrected chi connectivity index (χ3v) is 4.16. The second-order valence-corrected chi connectivity index (χ2v) is 6.19. The van der Waals surface area contributed by atoms with E-state index in [1.54, 1.807) is 36.4 Å². The van der Waals surface area contributed by atoms with Gasteiger partial charge in [-0.3, -0.25) is 14.9 Å². The molecule has 9 nitrogen and oxygen atoms in total. The fourth-order valence-electron chi connectivity index (χ4n) is 2.67. The highest BCUT2D eigenvalue weighted by molar-refractivity contribution is 6.46. The first-order chi connectivity index (χ1) is 15.0. The van der Waals surface area contributed by atoms with Crippen LogP contribution in [0.3, 0.4) is 0 Å². The number of nitrogens with zero attached hydrogens (tertiary/aromatic N) is 2. The van der Waals surface area contributed by atoms with E-state index in [-0.39, 0.29) is 22.9 Å². The maximum atomic E-state index is 12.5. The van der Waals surface area contributed by atoms with Crippen molar-refractivity contribution in [1.29, 1.82) is 0 Å². The predicted octanol–water partition coefficient (Wildman–Crippen LogP) is 3.12. The number of carbonyl (C=O) groups excluding carboxylic acids is 2. The Morgan fingerprint density at radius 3 is 2.19 bits per heavy atom. The number of hydrogen-bond acceptors (Lipinski definition) is 8. The van der Waals surface area contributed by atoms with Gasteiger partial charge in [0.2, 0.25) is 5.78 Å². The average Bonchev–Trinajstić information content (AvgIpc) is 2.80. The molecule has 0 aliphatic rings. The summed E-state index contributed by atoms with van der Waals surface area (Å²) in [4.78, 5) is 35.0. The number of Topliss-reactive ketones (excluding diaryl/α,β-unsaturated/α-hetero) is 1. The van der Waals surface area contributed by atoms with Crippen molar-refractivity contribution in [3.05, 3.63) is 100 Å². The molecule has 0 aromatic heterocycles. The topological polar surface area (TPSA) is 134 Å². The Labute approximate surface area is 176 Å². The quantitative estimate of drug-likeness (QED) is 0.148. The van der Waals surface area contributed by atoms with Gasteiger partial charge in [-0.25, -0.2) is 4.79 Å². The molecule has 3 aromatic carbocycles. The number of ether oxygens (including phenoxy) is 2. The van der Waals surface area contributed by atoms with Gasteiger partial charge in [0, 0.05) is 11.6 Å². The van der Waals surface area contributed by atoms with Gasteiger partial charge in [-0.15, -0.1) is 0 Å². The molecule has 0 heterocycles. The number of nitrogens with two attached hydrogens (primary N) is 1. The molecule has 3 rings (SSSR count). The van der Waals surface area contributed by atoms with E-state index in [1.807, 2.05) is 0 Å². The van der Waals surface area contributed by atoms with Gasteiger partial charge in [0.05, 0.1) is 10.5 Å². The number of hydrogen-bond donors (Lipinski definition) is 1. The van der Waals surface area contributed by atoms with E-state index in [0.29, 0.717) is 11.1 Å². The van der Waals surface area contributed by atoms with Crippen molar-refractivity contribution in [3.63, 3.8) is 0 Å². The van der Waals surface area contributed by atoms with Gasteiger partial charge in [0.1, 0.15) is 11.5 Å². The standard InChI is InChI=1S/C22H17N3O6/c23-24-21(19(26)14-30-20-9-5-4-8-18(20)25(28)29)15-10-12-17(13-11-15)31-22(27)16-6-2-1-3-7-16/h1-13H,14,23H2/b24-21+. The van der Waals surface area contributed by atoms with Gasteiger partial charge < -0.3 is 15.3 Å². The normalized spacial score (nSPS) is 10.9. The summed E-state index contributed by atoms with van der Waals surface area (Å²) < 4.78 is 10.6. The number of nitro groups is 1. The predicted molar refractivity (Wildman–Crippen MR) is 112 cm³/mol. The van der Waals surface area contributed by atoms with Crippen LogP contribution in [0.1, 0.15) is 15.9 Å². The SMILES string of the molecule is N/N=C(/C(=O)COc1ccccc1[N+](=O)[O-])c1ccc(OC(=O)c2ccccc2)cc1. The van der Waals surface area contributed by atoms with Crippen molar-refractivity contribution in [2.45, 2.75) is 0 Å². The summed E-state index contributed by atoms with van der Waals surface area (Å²) in [5, 5.41) is 14.5. The van der Waals surface area contributed by atoms with E-state index in [0.717, 1.165) is 0 Å². The zero-order chi connectivity index (χ0) is 22.2. The molecule has 31 heavy (non-hydrogen) atoms. The van der Waals surface area contributed by atoms with Crippen molar-refractivity contribution < 1.29 is 24.0 Å². The lowest BCUT2D eigenvalue weighted by Gasteiger charge is -2.09. The number of hydrazone groups is 1. The largest absolute Gasteiger partial charge is 0.478 e. The Morgan fingerprint density at radius 1 is 0.903 bits per heavy atom. The summed E-state index contributed by atoms with van der Waals surface area (Å²) >= 11 is 0. The van der Waals surface area contributed by atoms with E-state index in [9.17, 15) is 19.7 Å². The lowest BCUT2D eigenvalue weighted by molar-refractivity contribution is -0.385. The number of benzene rings is 3. The van der Waals surface area contributed by atoms with Gasteiger partial charge in [-0.2, -0.15) is 5.10 Å². The number of para-hydroxylation sites is 2. The fraction of sp³-hybridized carbons (Fsp3) is 0.0455. The van der Waals surface area contributed by atoms with Crippen molar-refractivity contribution in [2.75, 3.05) is 6.61 Å². The highest BCUT2D eigenvalue weighted by atomic mass is 16.6. The Morgan fingerprint density at radius 2 is 1.55 bits per heavy atom. The van der Waals surface area contributed by atoms with Gasteiger partial charge in [-0.1, -0.05) is 30.3 Å². The number of carbonyl (C=O) groups is 2. The molecule has 0 aliphatic heterocycles. The molecule has 156 valence electrons. The molecule has 0 amide bonds. The van der Waals surface area contributed by atoms with Gasteiger partial charge in [0.15, 0.2) is 12.4 Å². The van der Waals surface area contributed by atoms with Gasteiger partial charge in [0.25, 0.3) is 0 Å². The molecule has 0 radical (unpaired) electrons. The lowest BCUT2D eigenvalue weighted by Crippen LogP contribution is -2.24. The third kappa shape index (κ3) is 5.30. The first-order valence-electron chi connectivity index (χ1n) is 9.04. The monoisotopic (exact) mass is 419 g/mol. The molecule has 3 aromatic rings. The summed E-state index contributed by atoms with van der Waals surface area (Å²) in [6.45, 7) is -0.494. The highest BCUT2D eigenvalue weighted by Gasteiger charge is 2.19. The van der Waals surface area contributed by atoms with E-state index >= 15 is 0 Å². The Balaban J connectivity index is 1.66. The lowest BCUT2D eigenvalue weighted by atomic mass is 10.1. The van der Waals surface area contributed by atoms with Crippen LogP contribution < -0.4 is 15.3 Å². The molecule has 0 bridgehead atoms. The van der Waals surface area contributed by atoms with Crippen LogP contribution in [0, 0.1) is 10.1 Å². The van der Waals surface area contributed by atoms with Crippen molar-refractivity contribution in [3.8, 4) is 11.5 Å². The maximum absolute atomic E-state index is 12.5. The molecular formula is C22H17N3O6. The van der Waals surface area contributed by atoms with Crippen LogP contribution in [0.25, 0.3) is 0 Å². The molecule has 0 saturated heterocycles. The second kappa shape index (κ2) is 9.79. The minimum atomic E-state index is -0.604. The number of rotatable bonds is 8. The van der Waals surface area contributed by atoms with Crippen LogP contribution >= 0.6 is 0 Å². The molecule has 0 atom stereocenters. The number of ketones is 1.